The number of benzene rings is 3. The lowest BCUT2D eigenvalue weighted by Gasteiger charge is -2.13. The van der Waals surface area contributed by atoms with Gasteiger partial charge >= 0.3 is 0 Å². The fraction of sp³-hybridized carbons (Fsp3) is 0.533. The first-order valence-corrected chi connectivity index (χ1v) is 20.7. The van der Waals surface area contributed by atoms with Gasteiger partial charge in [-0.15, -0.1) is 11.8 Å². The summed E-state index contributed by atoms with van der Waals surface area (Å²) in [6.45, 7) is 4.62. The van der Waals surface area contributed by atoms with Gasteiger partial charge in [0.25, 0.3) is 0 Å². The van der Waals surface area contributed by atoms with Crippen molar-refractivity contribution in [2.75, 3.05) is 38.6 Å². The molecular weight excluding hydrogens is 781 g/mol. The van der Waals surface area contributed by atoms with E-state index in [-0.39, 0.29) is 92.4 Å². The number of thioether (sulfide) groups is 1. The fourth-order valence-electron chi connectivity index (χ4n) is 4.66. The number of Topliss-reactive ketones (excluding diaryl/α,β-unsaturated/α-hetero) is 3. The quantitative estimate of drug-likeness (QED) is 0.0954. The molecule has 0 aromatic heterocycles. The Balaban J connectivity index is -0.000000163. The number of ketones is 3. The van der Waals surface area contributed by atoms with Crippen molar-refractivity contribution in [2.45, 2.75) is 137 Å². The Hall–Kier alpha value is -3.00. The Morgan fingerprint density at radius 1 is 0.579 bits per heavy atom. The second kappa shape index (κ2) is 38.5. The van der Waals surface area contributed by atoms with E-state index in [1.165, 1.54) is 18.9 Å². The molecule has 3 aromatic carbocycles. The van der Waals surface area contributed by atoms with E-state index in [0.717, 1.165) is 17.1 Å². The van der Waals surface area contributed by atoms with E-state index in [0.29, 0.717) is 36.3 Å². The topological polar surface area (TPSA) is 130 Å². The second-order valence-corrected chi connectivity index (χ2v) is 16.7. The van der Waals surface area contributed by atoms with Gasteiger partial charge in [-0.2, -0.15) is 0 Å². The third-order valence-electron chi connectivity index (χ3n) is 7.44. The third kappa shape index (κ3) is 31.6. The Kier molecular flexibility index (Phi) is 44.5. The Morgan fingerprint density at radius 2 is 0.947 bits per heavy atom. The van der Waals surface area contributed by atoms with Gasteiger partial charge < -0.3 is 14.2 Å². The zero-order valence-electron chi connectivity index (χ0n) is 30.7. The van der Waals surface area contributed by atoms with Gasteiger partial charge in [0.15, 0.2) is 9.84 Å². The number of carbonyl (C=O) groups is 3. The normalized spacial score (nSPS) is 11.9. The van der Waals surface area contributed by atoms with Gasteiger partial charge in [-0.05, 0) is 76.4 Å². The molecule has 0 saturated heterocycles. The van der Waals surface area contributed by atoms with E-state index >= 15 is 0 Å². The Morgan fingerprint density at radius 3 is 1.35 bits per heavy atom. The van der Waals surface area contributed by atoms with Crippen molar-refractivity contribution in [3.8, 4) is 0 Å². The van der Waals surface area contributed by atoms with Gasteiger partial charge in [-0.3, -0.25) is 18.6 Å². The summed E-state index contributed by atoms with van der Waals surface area (Å²) in [5.74, 6) is 1.78. The van der Waals surface area contributed by atoms with Crippen LogP contribution in [0.2, 0.25) is 0 Å². The van der Waals surface area contributed by atoms with Crippen molar-refractivity contribution in [2.24, 2.45) is 0 Å². The molecular formula is C45H78O9S3. The fourth-order valence-corrected chi connectivity index (χ4v) is 8.18. The smallest absolute Gasteiger partial charge is 0.178 e. The molecule has 12 heteroatoms. The molecule has 0 radical (unpaired) electrons. The number of hydrogen-bond acceptors (Lipinski definition) is 10. The molecule has 0 aliphatic heterocycles. The Bertz CT molecular complexity index is 1540. The summed E-state index contributed by atoms with van der Waals surface area (Å²) in [4.78, 5) is 35.3. The summed E-state index contributed by atoms with van der Waals surface area (Å²) in [7, 11) is 0.434. The molecule has 0 fully saturated rings. The lowest BCUT2D eigenvalue weighted by atomic mass is 10.1. The molecule has 0 amide bonds. The van der Waals surface area contributed by atoms with Crippen LogP contribution in [0.4, 0.5) is 0 Å². The van der Waals surface area contributed by atoms with Crippen LogP contribution in [0.25, 0.3) is 0 Å². The molecule has 4 atom stereocenters. The van der Waals surface area contributed by atoms with Gasteiger partial charge in [0.2, 0.25) is 0 Å². The van der Waals surface area contributed by atoms with Crippen LogP contribution in [0.3, 0.4) is 0 Å². The number of ether oxygens (including phenoxy) is 3. The highest BCUT2D eigenvalue weighted by Gasteiger charge is 2.18. The SMILES string of the molecule is C.C.C.C.C.C.COC(CCS(=O)(=O)c1ccccc1)CC(C)=O.COC(CCS(=O)c1ccccc1)CC(C)=O.COC(CCSc1ccccc1)CC(C)=O. The highest BCUT2D eigenvalue weighted by Crippen LogP contribution is 2.20. The molecule has 0 N–H and O–H groups in total. The van der Waals surface area contributed by atoms with Crippen LogP contribution in [-0.4, -0.2) is 86.9 Å². The average molecular weight is 859 g/mol. The van der Waals surface area contributed by atoms with Crippen LogP contribution >= 0.6 is 11.8 Å². The average Bonchev–Trinajstić information content (AvgIpc) is 3.12. The number of carbonyl (C=O) groups excluding carboxylic acids is 3. The van der Waals surface area contributed by atoms with Crippen molar-refractivity contribution in [3.05, 3.63) is 91.0 Å². The van der Waals surface area contributed by atoms with Crippen molar-refractivity contribution in [1.29, 1.82) is 0 Å². The van der Waals surface area contributed by atoms with Crippen molar-refractivity contribution in [3.63, 3.8) is 0 Å². The maximum atomic E-state index is 12.0. The molecule has 330 valence electrons. The molecule has 0 aliphatic carbocycles. The van der Waals surface area contributed by atoms with Crippen LogP contribution in [0.1, 0.15) is 104 Å². The van der Waals surface area contributed by atoms with Crippen molar-refractivity contribution < 1.29 is 41.2 Å². The summed E-state index contributed by atoms with van der Waals surface area (Å²) in [6, 6.07) is 27.9. The second-order valence-electron chi connectivity index (χ2n) is 11.8. The van der Waals surface area contributed by atoms with Crippen LogP contribution in [0.5, 0.6) is 0 Å². The zero-order chi connectivity index (χ0) is 38.1. The lowest BCUT2D eigenvalue weighted by Crippen LogP contribution is -2.19. The summed E-state index contributed by atoms with van der Waals surface area (Å²) >= 11 is 1.80. The lowest BCUT2D eigenvalue weighted by molar-refractivity contribution is -0.120. The first-order valence-electron chi connectivity index (χ1n) is 16.8. The zero-order valence-corrected chi connectivity index (χ0v) is 33.1. The minimum atomic E-state index is -3.29. The molecule has 9 nitrogen and oxygen atoms in total. The van der Waals surface area contributed by atoms with Crippen LogP contribution in [0.15, 0.2) is 106 Å². The number of methoxy groups -OCH3 is 3. The molecule has 4 unspecified atom stereocenters. The summed E-state index contributed by atoms with van der Waals surface area (Å²) < 4.78 is 51.5. The monoisotopic (exact) mass is 858 g/mol. The van der Waals surface area contributed by atoms with Crippen LogP contribution in [0, 0.1) is 0 Å². The van der Waals surface area contributed by atoms with E-state index in [4.69, 9.17) is 14.2 Å². The van der Waals surface area contributed by atoms with Gasteiger partial charge in [-0.25, -0.2) is 8.42 Å². The molecule has 0 bridgehead atoms. The maximum Gasteiger partial charge on any atom is 0.178 e. The highest BCUT2D eigenvalue weighted by atomic mass is 32.2. The number of rotatable bonds is 21. The maximum absolute atomic E-state index is 12.0. The highest BCUT2D eigenvalue weighted by molar-refractivity contribution is 7.99. The van der Waals surface area contributed by atoms with E-state index in [1.54, 1.807) is 70.2 Å². The van der Waals surface area contributed by atoms with Gasteiger partial charge in [0.05, 0.1) is 39.8 Å². The van der Waals surface area contributed by atoms with Gasteiger partial charge in [0, 0.05) is 61.9 Å². The largest absolute Gasteiger partial charge is 0.381 e. The minimum absolute atomic E-state index is 0. The van der Waals surface area contributed by atoms with Crippen LogP contribution < -0.4 is 0 Å². The molecule has 0 spiro atoms. The summed E-state index contributed by atoms with van der Waals surface area (Å²) in [6.07, 6.45) is 2.64. The van der Waals surface area contributed by atoms with E-state index < -0.39 is 20.6 Å². The van der Waals surface area contributed by atoms with Crippen LogP contribution in [-0.2, 0) is 49.2 Å². The predicted octanol–water partition coefficient (Wildman–Crippen LogP) is 11.0. The molecule has 0 heterocycles. The molecule has 3 aromatic rings. The predicted molar refractivity (Wildman–Crippen MR) is 246 cm³/mol. The molecule has 57 heavy (non-hydrogen) atoms. The Labute approximate surface area is 355 Å². The molecule has 0 aliphatic rings. The number of sulfone groups is 1. The molecule has 0 saturated carbocycles. The number of hydrogen-bond donors (Lipinski definition) is 0. The third-order valence-corrected chi connectivity index (χ3v) is 11.7. The first kappa shape index (κ1) is 65.8. The first-order chi connectivity index (χ1) is 24.3. The standard InChI is InChI=1S/C13H18O4S.C13H18O3S.C13H18O2S.6CH4/c1-11(14)10-12(17-2)8-9-18(15,16)13-6-4-3-5-7-13;1-11(14)10-12(16-2)8-9-17(15)13-6-4-3-5-7-13;1-11(14)10-12(15-2)8-9-16-13-6-4-3-5-7-13;;;;;;/h3-7,12H,8-10H2,1-2H3;3-7,12H,8-10H2,1-2H3;3-7,12H,8-10H2,1-2H3;6*1H4. The van der Waals surface area contributed by atoms with E-state index in [9.17, 15) is 27.0 Å². The molecule has 3 rings (SSSR count). The van der Waals surface area contributed by atoms with Gasteiger partial charge in [-0.1, -0.05) is 99.2 Å². The van der Waals surface area contributed by atoms with Crippen molar-refractivity contribution >= 4 is 49.7 Å². The van der Waals surface area contributed by atoms with E-state index in [2.05, 4.69) is 12.1 Å². The minimum Gasteiger partial charge on any atom is -0.381 e. The van der Waals surface area contributed by atoms with E-state index in [1.807, 2.05) is 48.5 Å². The summed E-state index contributed by atoms with van der Waals surface area (Å²) in [5.41, 5.74) is 0. The summed E-state index contributed by atoms with van der Waals surface area (Å²) in [5, 5.41) is 0. The van der Waals surface area contributed by atoms with Gasteiger partial charge in [0.1, 0.15) is 17.3 Å². The van der Waals surface area contributed by atoms with Crippen molar-refractivity contribution in [1.82, 2.24) is 0 Å².